The van der Waals surface area contributed by atoms with E-state index in [0.717, 1.165) is 6.07 Å². The molecule has 1 aromatic rings. The van der Waals surface area contributed by atoms with Crippen molar-refractivity contribution in [3.63, 3.8) is 0 Å². The number of aliphatic hydroxyl groups is 1. The molecule has 112 valence electrons. The van der Waals surface area contributed by atoms with Crippen LogP contribution in [0.3, 0.4) is 0 Å². The van der Waals surface area contributed by atoms with Crippen LogP contribution >= 0.6 is 0 Å². The number of benzene rings is 1. The summed E-state index contributed by atoms with van der Waals surface area (Å²) in [7, 11) is -4.01. The van der Waals surface area contributed by atoms with E-state index in [-0.39, 0.29) is 23.5 Å². The molecule has 0 heterocycles. The lowest BCUT2D eigenvalue weighted by molar-refractivity contribution is -0.387. The molecular weight excluding hydrogens is 291 g/mol. The van der Waals surface area contributed by atoms with Gasteiger partial charge < -0.3 is 5.11 Å². The second-order valence-corrected chi connectivity index (χ2v) is 6.08. The molecule has 1 unspecified atom stereocenters. The van der Waals surface area contributed by atoms with E-state index < -0.39 is 32.5 Å². The number of nitrogens with zero attached hydrogens (tertiary/aromatic N) is 1. The summed E-state index contributed by atoms with van der Waals surface area (Å²) in [5.74, 6) is -1.06. The summed E-state index contributed by atoms with van der Waals surface area (Å²) in [6.07, 6.45) is 0.196. The Hall–Kier alpha value is -1.58. The van der Waals surface area contributed by atoms with Gasteiger partial charge >= 0.3 is 5.69 Å². The molecule has 9 heteroatoms. The van der Waals surface area contributed by atoms with Crippen LogP contribution in [0.2, 0.25) is 0 Å². The molecule has 0 aromatic heterocycles. The van der Waals surface area contributed by atoms with Crippen molar-refractivity contribution in [2.45, 2.75) is 31.2 Å². The molecule has 0 saturated heterocycles. The molecular formula is C11H15FN2O5S. The smallest absolute Gasteiger partial charge is 0.306 e. The number of hydrogen-bond acceptors (Lipinski definition) is 5. The van der Waals surface area contributed by atoms with Crippen molar-refractivity contribution < 1.29 is 22.8 Å². The fraction of sp³-hybridized carbons (Fsp3) is 0.455. The molecule has 2 N–H and O–H groups in total. The maximum Gasteiger partial charge on any atom is 0.306 e. The largest absolute Gasteiger partial charge is 0.396 e. The number of sulfonamides is 1. The van der Waals surface area contributed by atoms with Crippen LogP contribution in [0.4, 0.5) is 10.1 Å². The molecule has 0 aliphatic rings. The first-order valence-electron chi connectivity index (χ1n) is 5.76. The van der Waals surface area contributed by atoms with Crippen LogP contribution in [-0.4, -0.2) is 31.1 Å². The molecule has 0 bridgehead atoms. The second kappa shape index (κ2) is 6.25. The van der Waals surface area contributed by atoms with Crippen LogP contribution < -0.4 is 4.72 Å². The van der Waals surface area contributed by atoms with Crippen molar-refractivity contribution in [3.05, 3.63) is 33.6 Å². The van der Waals surface area contributed by atoms with E-state index in [1.165, 1.54) is 6.92 Å². The van der Waals surface area contributed by atoms with Gasteiger partial charge in [0.25, 0.3) is 0 Å². The SMILES string of the molecule is Cc1cc(S(=O)(=O)NC(C)CCO)cc([N+](=O)[O-])c1F. The van der Waals surface area contributed by atoms with Crippen LogP contribution in [0.5, 0.6) is 0 Å². The number of nitro groups is 1. The Balaban J connectivity index is 3.22. The molecule has 0 aliphatic carbocycles. The predicted molar refractivity (Wildman–Crippen MR) is 69.3 cm³/mol. The summed E-state index contributed by atoms with van der Waals surface area (Å²) in [5.41, 5.74) is -1.02. The fourth-order valence-corrected chi connectivity index (χ4v) is 2.97. The van der Waals surface area contributed by atoms with Gasteiger partial charge in [0.05, 0.1) is 9.82 Å². The highest BCUT2D eigenvalue weighted by atomic mass is 32.2. The lowest BCUT2D eigenvalue weighted by Gasteiger charge is -2.13. The van der Waals surface area contributed by atoms with Crippen molar-refractivity contribution in [1.82, 2.24) is 4.72 Å². The third-order valence-corrected chi connectivity index (χ3v) is 4.20. The molecule has 20 heavy (non-hydrogen) atoms. The van der Waals surface area contributed by atoms with Gasteiger partial charge in [-0.1, -0.05) is 0 Å². The number of nitro benzene ring substituents is 1. The molecule has 1 rings (SSSR count). The van der Waals surface area contributed by atoms with Crippen LogP contribution in [0.25, 0.3) is 0 Å². The van der Waals surface area contributed by atoms with E-state index in [2.05, 4.69) is 4.72 Å². The standard InChI is InChI=1S/C11H15FN2O5S/c1-7-5-9(6-10(11(7)12)14(16)17)20(18,19)13-8(2)3-4-15/h5-6,8,13,15H,3-4H2,1-2H3. The fourth-order valence-electron chi connectivity index (χ4n) is 1.59. The quantitative estimate of drug-likeness (QED) is 0.604. The summed E-state index contributed by atoms with van der Waals surface area (Å²) in [6.45, 7) is 2.59. The van der Waals surface area contributed by atoms with Gasteiger partial charge in [-0.25, -0.2) is 13.1 Å². The Morgan fingerprint density at radius 2 is 2.10 bits per heavy atom. The van der Waals surface area contributed by atoms with E-state index in [9.17, 15) is 22.9 Å². The third-order valence-electron chi connectivity index (χ3n) is 2.63. The van der Waals surface area contributed by atoms with Gasteiger partial charge in [-0.3, -0.25) is 10.1 Å². The predicted octanol–water partition coefficient (Wildman–Crippen LogP) is 1.09. The number of rotatable bonds is 6. The third kappa shape index (κ3) is 3.71. The Bertz CT molecular complexity index is 617. The second-order valence-electron chi connectivity index (χ2n) is 4.37. The van der Waals surface area contributed by atoms with E-state index in [1.807, 2.05) is 0 Å². The zero-order valence-corrected chi connectivity index (χ0v) is 11.8. The number of aliphatic hydroxyl groups excluding tert-OH is 1. The first kappa shape index (κ1) is 16.5. The van der Waals surface area contributed by atoms with Gasteiger partial charge in [-0.2, -0.15) is 4.39 Å². The lowest BCUT2D eigenvalue weighted by Crippen LogP contribution is -2.33. The van der Waals surface area contributed by atoms with Crippen molar-refractivity contribution in [2.24, 2.45) is 0 Å². The average molecular weight is 306 g/mol. The Morgan fingerprint density at radius 3 is 2.60 bits per heavy atom. The van der Waals surface area contributed by atoms with Crippen molar-refractivity contribution in [1.29, 1.82) is 0 Å². The Labute approximate surface area is 115 Å². The highest BCUT2D eigenvalue weighted by Gasteiger charge is 2.24. The molecule has 1 atom stereocenters. The number of aryl methyl sites for hydroxylation is 1. The molecule has 1 aromatic carbocycles. The minimum Gasteiger partial charge on any atom is -0.396 e. The average Bonchev–Trinajstić information content (AvgIpc) is 2.31. The maximum atomic E-state index is 13.5. The first-order chi connectivity index (χ1) is 9.19. The Morgan fingerprint density at radius 1 is 1.50 bits per heavy atom. The van der Waals surface area contributed by atoms with E-state index in [4.69, 9.17) is 5.11 Å². The minimum atomic E-state index is -4.01. The molecule has 7 nitrogen and oxygen atoms in total. The molecule has 0 amide bonds. The van der Waals surface area contributed by atoms with Crippen molar-refractivity contribution in [3.8, 4) is 0 Å². The first-order valence-corrected chi connectivity index (χ1v) is 7.25. The summed E-state index contributed by atoms with van der Waals surface area (Å²) in [5, 5.41) is 19.4. The van der Waals surface area contributed by atoms with Gasteiger partial charge in [-0.15, -0.1) is 0 Å². The monoisotopic (exact) mass is 306 g/mol. The van der Waals surface area contributed by atoms with E-state index >= 15 is 0 Å². The van der Waals surface area contributed by atoms with Gasteiger partial charge in [0, 0.05) is 18.7 Å². The number of hydrogen-bond donors (Lipinski definition) is 2. The van der Waals surface area contributed by atoms with Gasteiger partial charge in [-0.05, 0) is 31.9 Å². The topological polar surface area (TPSA) is 110 Å². The number of nitrogens with one attached hydrogen (secondary N) is 1. The maximum absolute atomic E-state index is 13.5. The molecule has 0 aliphatic heterocycles. The summed E-state index contributed by atoms with van der Waals surface area (Å²) in [4.78, 5) is 9.34. The number of halogens is 1. The van der Waals surface area contributed by atoms with Crippen LogP contribution in [0.15, 0.2) is 17.0 Å². The lowest BCUT2D eigenvalue weighted by atomic mass is 10.2. The van der Waals surface area contributed by atoms with Gasteiger partial charge in [0.1, 0.15) is 0 Å². The van der Waals surface area contributed by atoms with Crippen LogP contribution in [-0.2, 0) is 10.0 Å². The summed E-state index contributed by atoms with van der Waals surface area (Å²) >= 11 is 0. The minimum absolute atomic E-state index is 0.130. The molecule has 0 spiro atoms. The zero-order valence-electron chi connectivity index (χ0n) is 11.0. The zero-order chi connectivity index (χ0) is 15.5. The van der Waals surface area contributed by atoms with Crippen LogP contribution in [0.1, 0.15) is 18.9 Å². The normalized spacial score (nSPS) is 13.2. The van der Waals surface area contributed by atoms with E-state index in [0.29, 0.717) is 6.07 Å². The van der Waals surface area contributed by atoms with E-state index in [1.54, 1.807) is 6.92 Å². The highest BCUT2D eigenvalue weighted by molar-refractivity contribution is 7.89. The highest BCUT2D eigenvalue weighted by Crippen LogP contribution is 2.25. The van der Waals surface area contributed by atoms with Crippen LogP contribution in [0, 0.1) is 22.9 Å². The molecule has 0 radical (unpaired) electrons. The van der Waals surface area contributed by atoms with Crippen molar-refractivity contribution >= 4 is 15.7 Å². The van der Waals surface area contributed by atoms with Crippen molar-refractivity contribution in [2.75, 3.05) is 6.61 Å². The Kier molecular flexibility index (Phi) is 5.15. The molecule has 0 saturated carbocycles. The summed E-state index contributed by atoms with van der Waals surface area (Å²) < 4.78 is 39.8. The van der Waals surface area contributed by atoms with Gasteiger partial charge in [0.15, 0.2) is 0 Å². The molecule has 0 fully saturated rings. The van der Waals surface area contributed by atoms with Gasteiger partial charge in [0.2, 0.25) is 15.8 Å². The summed E-state index contributed by atoms with van der Waals surface area (Å²) in [6, 6.07) is 1.15.